The SMILES string of the molecule is Cc1nc(Cc2ccccc2)sc1C(=O)NN=Cc1ccc(C(=O)[O-])cc1. The monoisotopic (exact) mass is 378 g/mol. The van der Waals surface area contributed by atoms with E-state index in [9.17, 15) is 14.7 Å². The lowest BCUT2D eigenvalue weighted by Gasteiger charge is -2.01. The zero-order valence-corrected chi connectivity index (χ0v) is 15.3. The topological polar surface area (TPSA) is 94.5 Å². The molecule has 0 atom stereocenters. The van der Waals surface area contributed by atoms with Gasteiger partial charge in [-0.1, -0.05) is 54.6 Å². The molecular formula is C20H16N3O3S-. The van der Waals surface area contributed by atoms with E-state index in [-0.39, 0.29) is 11.5 Å². The van der Waals surface area contributed by atoms with Gasteiger partial charge in [0.1, 0.15) is 4.88 Å². The Morgan fingerprint density at radius 2 is 1.85 bits per heavy atom. The number of aromatic carboxylic acids is 1. The maximum atomic E-state index is 12.3. The average Bonchev–Trinajstić information content (AvgIpc) is 3.03. The van der Waals surface area contributed by atoms with Gasteiger partial charge in [0.15, 0.2) is 0 Å². The van der Waals surface area contributed by atoms with Gasteiger partial charge >= 0.3 is 0 Å². The van der Waals surface area contributed by atoms with Crippen molar-refractivity contribution in [3.63, 3.8) is 0 Å². The molecule has 27 heavy (non-hydrogen) atoms. The van der Waals surface area contributed by atoms with E-state index in [1.54, 1.807) is 19.1 Å². The molecule has 0 aliphatic heterocycles. The highest BCUT2D eigenvalue weighted by molar-refractivity contribution is 7.13. The molecule has 0 spiro atoms. The van der Waals surface area contributed by atoms with Crippen LogP contribution in [0.2, 0.25) is 0 Å². The van der Waals surface area contributed by atoms with Gasteiger partial charge < -0.3 is 9.90 Å². The number of benzene rings is 2. The van der Waals surface area contributed by atoms with Gasteiger partial charge in [0.25, 0.3) is 5.91 Å². The van der Waals surface area contributed by atoms with Gasteiger partial charge in [-0.15, -0.1) is 11.3 Å². The van der Waals surface area contributed by atoms with Crippen LogP contribution in [0.4, 0.5) is 0 Å². The molecule has 136 valence electrons. The van der Waals surface area contributed by atoms with E-state index in [1.165, 1.54) is 29.7 Å². The van der Waals surface area contributed by atoms with Gasteiger partial charge in [0.05, 0.1) is 22.9 Å². The third-order valence-electron chi connectivity index (χ3n) is 3.77. The molecule has 0 fully saturated rings. The van der Waals surface area contributed by atoms with Crippen LogP contribution in [-0.2, 0) is 6.42 Å². The second-order valence-corrected chi connectivity index (χ2v) is 6.88. The largest absolute Gasteiger partial charge is 0.545 e. The van der Waals surface area contributed by atoms with Crippen molar-refractivity contribution in [1.82, 2.24) is 10.4 Å². The Labute approximate surface area is 160 Å². The van der Waals surface area contributed by atoms with Crippen molar-refractivity contribution < 1.29 is 14.7 Å². The average molecular weight is 378 g/mol. The first kappa shape index (κ1) is 18.5. The number of carboxylic acid groups (broad SMARTS) is 1. The van der Waals surface area contributed by atoms with Crippen molar-refractivity contribution in [3.8, 4) is 0 Å². The highest BCUT2D eigenvalue weighted by Crippen LogP contribution is 2.20. The lowest BCUT2D eigenvalue weighted by molar-refractivity contribution is -0.255. The maximum Gasteiger partial charge on any atom is 0.283 e. The van der Waals surface area contributed by atoms with Crippen LogP contribution < -0.4 is 10.5 Å². The van der Waals surface area contributed by atoms with Crippen molar-refractivity contribution in [3.05, 3.63) is 86.9 Å². The Morgan fingerprint density at radius 3 is 2.52 bits per heavy atom. The summed E-state index contributed by atoms with van der Waals surface area (Å²) >= 11 is 1.34. The first-order chi connectivity index (χ1) is 13.0. The molecule has 0 saturated carbocycles. The van der Waals surface area contributed by atoms with Gasteiger partial charge in [-0.25, -0.2) is 10.4 Å². The minimum absolute atomic E-state index is 0.0856. The van der Waals surface area contributed by atoms with Crippen LogP contribution >= 0.6 is 11.3 Å². The number of aryl methyl sites for hydroxylation is 1. The van der Waals surface area contributed by atoms with Crippen LogP contribution in [0.1, 0.15) is 41.9 Å². The summed E-state index contributed by atoms with van der Waals surface area (Å²) in [7, 11) is 0. The highest BCUT2D eigenvalue weighted by Gasteiger charge is 2.15. The summed E-state index contributed by atoms with van der Waals surface area (Å²) in [5, 5.41) is 15.5. The van der Waals surface area contributed by atoms with Crippen LogP contribution in [0.15, 0.2) is 59.7 Å². The van der Waals surface area contributed by atoms with Crippen molar-refractivity contribution in [2.24, 2.45) is 5.10 Å². The molecule has 3 aromatic rings. The molecule has 0 aliphatic carbocycles. The molecule has 1 aromatic heterocycles. The number of carbonyl (C=O) groups is 2. The van der Waals surface area contributed by atoms with E-state index in [0.29, 0.717) is 22.6 Å². The van der Waals surface area contributed by atoms with Crippen LogP contribution in [0.3, 0.4) is 0 Å². The highest BCUT2D eigenvalue weighted by atomic mass is 32.1. The predicted octanol–water partition coefficient (Wildman–Crippen LogP) is 2.17. The first-order valence-electron chi connectivity index (χ1n) is 8.18. The fourth-order valence-electron chi connectivity index (χ4n) is 2.43. The van der Waals surface area contributed by atoms with E-state index in [0.717, 1.165) is 10.6 Å². The smallest absolute Gasteiger partial charge is 0.283 e. The molecule has 0 unspecified atom stereocenters. The second-order valence-electron chi connectivity index (χ2n) is 5.79. The Kier molecular flexibility index (Phi) is 5.73. The Hall–Kier alpha value is -3.32. The molecular weight excluding hydrogens is 362 g/mol. The van der Waals surface area contributed by atoms with Gasteiger partial charge in [-0.2, -0.15) is 5.10 Å². The standard InChI is InChI=1S/C20H17N3O3S/c1-13-18(27-17(22-13)11-14-5-3-2-4-6-14)19(24)23-21-12-15-7-9-16(10-8-15)20(25)26/h2-10,12H,11H2,1H3,(H,23,24)(H,25,26)/p-1. The quantitative estimate of drug-likeness (QED) is 0.525. The van der Waals surface area contributed by atoms with Crippen molar-refractivity contribution in [2.45, 2.75) is 13.3 Å². The molecule has 2 aromatic carbocycles. The lowest BCUT2D eigenvalue weighted by atomic mass is 10.1. The number of hydrogen-bond acceptors (Lipinski definition) is 6. The minimum Gasteiger partial charge on any atom is -0.545 e. The van der Waals surface area contributed by atoms with Gasteiger partial charge in [0, 0.05) is 6.42 Å². The number of aromatic nitrogens is 1. The molecule has 0 aliphatic rings. The van der Waals surface area contributed by atoms with Crippen molar-refractivity contribution in [2.75, 3.05) is 0 Å². The first-order valence-corrected chi connectivity index (χ1v) is 8.99. The minimum atomic E-state index is -1.24. The Balaban J connectivity index is 1.63. The number of thiazole rings is 1. The molecule has 0 radical (unpaired) electrons. The molecule has 1 amide bonds. The molecule has 6 nitrogen and oxygen atoms in total. The number of hydrogen-bond donors (Lipinski definition) is 1. The summed E-state index contributed by atoms with van der Waals surface area (Å²) in [5.74, 6) is -1.56. The Morgan fingerprint density at radius 1 is 1.15 bits per heavy atom. The van der Waals surface area contributed by atoms with Gasteiger partial charge in [0.2, 0.25) is 0 Å². The van der Waals surface area contributed by atoms with Crippen LogP contribution in [-0.4, -0.2) is 23.1 Å². The van der Waals surface area contributed by atoms with Gasteiger partial charge in [-0.3, -0.25) is 4.79 Å². The number of carbonyl (C=O) groups excluding carboxylic acids is 2. The van der Waals surface area contributed by atoms with Crippen LogP contribution in [0.25, 0.3) is 0 Å². The summed E-state index contributed by atoms with van der Waals surface area (Å²) in [4.78, 5) is 28.0. The summed E-state index contributed by atoms with van der Waals surface area (Å²) in [5.41, 5.74) is 5.02. The maximum absolute atomic E-state index is 12.3. The molecule has 3 rings (SSSR count). The summed E-state index contributed by atoms with van der Waals surface area (Å²) in [6.07, 6.45) is 2.12. The summed E-state index contributed by atoms with van der Waals surface area (Å²) in [6.45, 7) is 1.79. The summed E-state index contributed by atoms with van der Waals surface area (Å²) < 4.78 is 0. The molecule has 7 heteroatoms. The Bertz CT molecular complexity index is 979. The number of rotatable bonds is 6. The van der Waals surface area contributed by atoms with E-state index in [2.05, 4.69) is 15.5 Å². The number of amides is 1. The van der Waals surface area contributed by atoms with E-state index in [1.807, 2.05) is 30.3 Å². The lowest BCUT2D eigenvalue weighted by Crippen LogP contribution is -2.22. The van der Waals surface area contributed by atoms with E-state index in [4.69, 9.17) is 0 Å². The molecule has 1 N–H and O–H groups in total. The zero-order chi connectivity index (χ0) is 19.2. The third-order valence-corrected chi connectivity index (χ3v) is 4.93. The van der Waals surface area contributed by atoms with Crippen molar-refractivity contribution in [1.29, 1.82) is 0 Å². The molecule has 0 saturated heterocycles. The normalized spacial score (nSPS) is 10.9. The predicted molar refractivity (Wildman–Crippen MR) is 102 cm³/mol. The van der Waals surface area contributed by atoms with Crippen LogP contribution in [0.5, 0.6) is 0 Å². The fraction of sp³-hybridized carbons (Fsp3) is 0.100. The number of nitrogens with zero attached hydrogens (tertiary/aromatic N) is 2. The molecule has 0 bridgehead atoms. The third kappa shape index (κ3) is 4.86. The van der Waals surface area contributed by atoms with E-state index >= 15 is 0 Å². The number of nitrogens with one attached hydrogen (secondary N) is 1. The number of carboxylic acids is 1. The molecule has 1 heterocycles. The van der Waals surface area contributed by atoms with Gasteiger partial charge in [-0.05, 0) is 23.6 Å². The fourth-order valence-corrected chi connectivity index (χ4v) is 3.42. The van der Waals surface area contributed by atoms with E-state index < -0.39 is 5.97 Å². The summed E-state index contributed by atoms with van der Waals surface area (Å²) in [6, 6.07) is 15.9. The number of hydrazone groups is 1. The van der Waals surface area contributed by atoms with Crippen LogP contribution in [0, 0.1) is 6.92 Å². The second kappa shape index (κ2) is 8.37. The van der Waals surface area contributed by atoms with Crippen molar-refractivity contribution >= 4 is 29.4 Å². The zero-order valence-electron chi connectivity index (χ0n) is 14.5.